The number of halogens is 3. The minimum Gasteiger partial charge on any atom is -0.489 e. The molecule has 3 atom stereocenters. The molecular formula is C25H24F3NO4. The van der Waals surface area contributed by atoms with Gasteiger partial charge in [0.25, 0.3) is 0 Å². The predicted molar refractivity (Wildman–Crippen MR) is 114 cm³/mol. The first-order chi connectivity index (χ1) is 15.6. The van der Waals surface area contributed by atoms with Gasteiger partial charge in [-0.25, -0.2) is 0 Å². The van der Waals surface area contributed by atoms with Gasteiger partial charge in [0, 0.05) is 11.5 Å². The Morgan fingerprint density at radius 1 is 1.15 bits per heavy atom. The summed E-state index contributed by atoms with van der Waals surface area (Å²) in [5.74, 6) is -2.35. The normalized spacial score (nSPS) is 20.3. The molecule has 0 aromatic heterocycles. The van der Waals surface area contributed by atoms with Crippen LogP contribution in [0.4, 0.5) is 13.2 Å². The Hall–Kier alpha value is -3.47. The minimum absolute atomic E-state index is 0.147. The van der Waals surface area contributed by atoms with E-state index >= 15 is 0 Å². The molecule has 1 aliphatic carbocycles. The van der Waals surface area contributed by atoms with Gasteiger partial charge in [0.05, 0.1) is 12.5 Å². The lowest BCUT2D eigenvalue weighted by atomic mass is 10.1. The average Bonchev–Trinajstić information content (AvgIpc) is 3.31. The third kappa shape index (κ3) is 5.67. The number of allylic oxidation sites excluding steroid dienone is 2. The van der Waals surface area contributed by atoms with E-state index in [-0.39, 0.29) is 6.61 Å². The van der Waals surface area contributed by atoms with Gasteiger partial charge in [0.1, 0.15) is 17.6 Å². The number of rotatable bonds is 8. The standard InChI is InChI=1S/C25H24F3NO4/c1-4-31-21(25(26,27)28)14-19-22(24(19,2)3)23(30)33-20(15-29)16-9-8-12-18(13-16)32-17-10-6-5-7-11-17/h5-14,19-20,22H,4H2,1-3H3/b21-14+. The molecule has 0 radical (unpaired) electrons. The van der Waals surface area contributed by atoms with Crippen LogP contribution in [0, 0.1) is 28.6 Å². The molecule has 5 nitrogen and oxygen atoms in total. The number of esters is 1. The first kappa shape index (κ1) is 24.2. The topological polar surface area (TPSA) is 68.5 Å². The van der Waals surface area contributed by atoms with E-state index in [0.29, 0.717) is 17.1 Å². The summed E-state index contributed by atoms with van der Waals surface area (Å²) in [5.41, 5.74) is -0.363. The van der Waals surface area contributed by atoms with Gasteiger partial charge in [0.2, 0.25) is 6.10 Å². The molecule has 0 heterocycles. The molecule has 1 saturated carbocycles. The van der Waals surface area contributed by atoms with Crippen molar-refractivity contribution in [2.24, 2.45) is 17.3 Å². The predicted octanol–water partition coefficient (Wildman–Crippen LogP) is 6.34. The van der Waals surface area contributed by atoms with Crippen LogP contribution in [-0.4, -0.2) is 18.8 Å². The van der Waals surface area contributed by atoms with E-state index in [2.05, 4.69) is 0 Å². The quantitative estimate of drug-likeness (QED) is 0.340. The summed E-state index contributed by atoms with van der Waals surface area (Å²) >= 11 is 0. The zero-order valence-corrected chi connectivity index (χ0v) is 18.4. The van der Waals surface area contributed by atoms with Crippen molar-refractivity contribution in [3.8, 4) is 17.6 Å². The van der Waals surface area contributed by atoms with Gasteiger partial charge in [-0.1, -0.05) is 44.2 Å². The molecule has 3 unspecified atom stereocenters. The first-order valence-corrected chi connectivity index (χ1v) is 10.4. The smallest absolute Gasteiger partial charge is 0.448 e. The molecule has 0 saturated heterocycles. The van der Waals surface area contributed by atoms with E-state index in [4.69, 9.17) is 14.2 Å². The van der Waals surface area contributed by atoms with Crippen LogP contribution in [0.25, 0.3) is 0 Å². The molecule has 0 aliphatic heterocycles. The largest absolute Gasteiger partial charge is 0.489 e. The number of hydrogen-bond acceptors (Lipinski definition) is 5. The minimum atomic E-state index is -4.66. The van der Waals surface area contributed by atoms with Gasteiger partial charge in [0.15, 0.2) is 5.76 Å². The number of nitriles is 1. The summed E-state index contributed by atoms with van der Waals surface area (Å²) in [7, 11) is 0. The molecule has 1 fully saturated rings. The average molecular weight is 459 g/mol. The maximum absolute atomic E-state index is 13.2. The van der Waals surface area contributed by atoms with Gasteiger partial charge in [-0.2, -0.15) is 18.4 Å². The number of carbonyl (C=O) groups excluding carboxylic acids is 1. The lowest BCUT2D eigenvalue weighted by molar-refractivity contribution is -0.149. The molecule has 174 valence electrons. The molecule has 2 aromatic carbocycles. The maximum Gasteiger partial charge on any atom is 0.448 e. The lowest BCUT2D eigenvalue weighted by Gasteiger charge is -2.14. The highest BCUT2D eigenvalue weighted by atomic mass is 19.4. The zero-order valence-electron chi connectivity index (χ0n) is 18.4. The Labute approximate surface area is 190 Å². The highest BCUT2D eigenvalue weighted by Crippen LogP contribution is 2.60. The van der Waals surface area contributed by atoms with Crippen LogP contribution in [0.5, 0.6) is 11.5 Å². The van der Waals surface area contributed by atoms with Crippen molar-refractivity contribution in [2.45, 2.75) is 33.1 Å². The summed E-state index contributed by atoms with van der Waals surface area (Å²) in [6.07, 6.45) is -4.95. The van der Waals surface area contributed by atoms with Gasteiger partial charge < -0.3 is 14.2 Å². The number of hydrogen-bond donors (Lipinski definition) is 0. The van der Waals surface area contributed by atoms with Crippen molar-refractivity contribution >= 4 is 5.97 Å². The van der Waals surface area contributed by atoms with Gasteiger partial charge in [-0.15, -0.1) is 0 Å². The van der Waals surface area contributed by atoms with Crippen LogP contribution < -0.4 is 4.74 Å². The molecule has 3 rings (SSSR count). The molecule has 0 amide bonds. The second-order valence-corrected chi connectivity index (χ2v) is 8.22. The summed E-state index contributed by atoms with van der Waals surface area (Å²) in [4.78, 5) is 12.8. The summed E-state index contributed by atoms with van der Waals surface area (Å²) in [5, 5.41) is 9.58. The SMILES string of the molecule is CCO/C(=C/C1C(C(=O)OC(C#N)c2cccc(Oc3ccccc3)c2)C1(C)C)C(F)(F)F. The number of alkyl halides is 3. The van der Waals surface area contributed by atoms with E-state index in [1.165, 1.54) is 6.92 Å². The van der Waals surface area contributed by atoms with Crippen molar-refractivity contribution < 1.29 is 32.2 Å². The fourth-order valence-corrected chi connectivity index (χ4v) is 3.71. The van der Waals surface area contributed by atoms with Crippen LogP contribution in [0.3, 0.4) is 0 Å². The van der Waals surface area contributed by atoms with E-state index < -0.39 is 41.3 Å². The highest BCUT2D eigenvalue weighted by Gasteiger charge is 2.63. The number of nitrogens with zero attached hydrogens (tertiary/aromatic N) is 1. The molecule has 0 spiro atoms. The van der Waals surface area contributed by atoms with Crippen molar-refractivity contribution in [1.29, 1.82) is 5.26 Å². The molecule has 33 heavy (non-hydrogen) atoms. The third-order valence-electron chi connectivity index (χ3n) is 5.57. The van der Waals surface area contributed by atoms with Crippen molar-refractivity contribution in [3.63, 3.8) is 0 Å². The molecular weight excluding hydrogens is 435 g/mol. The summed E-state index contributed by atoms with van der Waals surface area (Å²) < 4.78 is 55.5. The fraction of sp³-hybridized carbons (Fsp3) is 0.360. The second-order valence-electron chi connectivity index (χ2n) is 8.22. The monoisotopic (exact) mass is 459 g/mol. The molecule has 2 aromatic rings. The first-order valence-electron chi connectivity index (χ1n) is 10.4. The maximum atomic E-state index is 13.2. The Morgan fingerprint density at radius 2 is 1.82 bits per heavy atom. The lowest BCUT2D eigenvalue weighted by Crippen LogP contribution is -2.16. The van der Waals surface area contributed by atoms with E-state index in [1.54, 1.807) is 50.2 Å². The summed E-state index contributed by atoms with van der Waals surface area (Å²) in [6, 6.07) is 17.5. The van der Waals surface area contributed by atoms with Crippen LogP contribution in [0.1, 0.15) is 32.4 Å². The molecule has 0 bridgehead atoms. The van der Waals surface area contributed by atoms with Crippen LogP contribution in [-0.2, 0) is 14.3 Å². The Morgan fingerprint density at radius 3 is 2.42 bits per heavy atom. The molecule has 1 aliphatic rings. The van der Waals surface area contributed by atoms with Crippen molar-refractivity contribution in [2.75, 3.05) is 6.61 Å². The summed E-state index contributed by atoms with van der Waals surface area (Å²) in [6.45, 7) is 4.66. The van der Waals surface area contributed by atoms with Crippen LogP contribution in [0.2, 0.25) is 0 Å². The van der Waals surface area contributed by atoms with E-state index in [1.807, 2.05) is 24.3 Å². The van der Waals surface area contributed by atoms with Crippen LogP contribution >= 0.6 is 0 Å². The van der Waals surface area contributed by atoms with Gasteiger partial charge >= 0.3 is 12.1 Å². The van der Waals surface area contributed by atoms with Crippen molar-refractivity contribution in [3.05, 3.63) is 72.0 Å². The highest BCUT2D eigenvalue weighted by molar-refractivity contribution is 5.78. The number of benzene rings is 2. The fourth-order valence-electron chi connectivity index (χ4n) is 3.71. The number of ether oxygens (including phenoxy) is 3. The van der Waals surface area contributed by atoms with Gasteiger partial charge in [-0.05, 0) is 42.7 Å². The van der Waals surface area contributed by atoms with Gasteiger partial charge in [-0.3, -0.25) is 4.79 Å². The zero-order chi connectivity index (χ0) is 24.2. The molecule has 0 N–H and O–H groups in total. The van der Waals surface area contributed by atoms with E-state index in [9.17, 15) is 23.2 Å². The Balaban J connectivity index is 1.74. The van der Waals surface area contributed by atoms with Crippen LogP contribution in [0.15, 0.2) is 66.4 Å². The number of para-hydroxylation sites is 1. The Bertz CT molecular complexity index is 1060. The van der Waals surface area contributed by atoms with E-state index in [0.717, 1.165) is 6.08 Å². The second kappa shape index (κ2) is 9.57. The Kier molecular flexibility index (Phi) is 7.01. The molecule has 8 heteroatoms. The third-order valence-corrected chi connectivity index (χ3v) is 5.57. The number of carbonyl (C=O) groups is 1. The van der Waals surface area contributed by atoms with Crippen molar-refractivity contribution in [1.82, 2.24) is 0 Å².